The molecule has 0 unspecified atom stereocenters. The van der Waals surface area contributed by atoms with Crippen LogP contribution < -0.4 is 4.74 Å². The molecule has 1 aliphatic heterocycles. The summed E-state index contributed by atoms with van der Waals surface area (Å²) in [6.07, 6.45) is 0. The first-order valence-electron chi connectivity index (χ1n) is 8.17. The molecule has 0 aromatic heterocycles. The second kappa shape index (κ2) is 8.09. The number of carbonyl (C=O) groups is 1. The van der Waals surface area contributed by atoms with E-state index in [1.807, 2.05) is 29.2 Å². The summed E-state index contributed by atoms with van der Waals surface area (Å²) in [5, 5.41) is 1.05. The molecule has 1 saturated heterocycles. The van der Waals surface area contributed by atoms with Gasteiger partial charge in [0.1, 0.15) is 12.4 Å². The summed E-state index contributed by atoms with van der Waals surface area (Å²) >= 11 is 12.0. The van der Waals surface area contributed by atoms with Crippen molar-refractivity contribution in [1.82, 2.24) is 9.80 Å². The maximum Gasteiger partial charge on any atom is 0.253 e. The van der Waals surface area contributed by atoms with Gasteiger partial charge in [-0.05, 0) is 42.9 Å². The summed E-state index contributed by atoms with van der Waals surface area (Å²) in [6.45, 7) is 3.76. The SMILES string of the molecule is CN1CCN(C(=O)c2ccc(COc3ccc(Cl)cc3Cl)cc2)CC1. The molecule has 0 bridgehead atoms. The molecule has 1 aliphatic rings. The molecule has 0 N–H and O–H groups in total. The molecule has 0 radical (unpaired) electrons. The van der Waals surface area contributed by atoms with Gasteiger partial charge in [0.15, 0.2) is 0 Å². The Balaban J connectivity index is 1.59. The van der Waals surface area contributed by atoms with E-state index in [0.29, 0.717) is 28.0 Å². The molecular weight excluding hydrogens is 359 g/mol. The second-order valence-corrected chi connectivity index (χ2v) is 7.00. The monoisotopic (exact) mass is 378 g/mol. The van der Waals surface area contributed by atoms with Gasteiger partial charge in [0, 0.05) is 36.8 Å². The fourth-order valence-electron chi connectivity index (χ4n) is 2.69. The minimum absolute atomic E-state index is 0.0846. The molecule has 0 atom stereocenters. The zero-order valence-electron chi connectivity index (χ0n) is 14.0. The Morgan fingerprint density at radius 1 is 1.04 bits per heavy atom. The number of hydrogen-bond acceptors (Lipinski definition) is 3. The third-order valence-corrected chi connectivity index (χ3v) is 4.81. The quantitative estimate of drug-likeness (QED) is 0.806. The van der Waals surface area contributed by atoms with Crippen LogP contribution in [0.25, 0.3) is 0 Å². The van der Waals surface area contributed by atoms with E-state index in [9.17, 15) is 4.79 Å². The van der Waals surface area contributed by atoms with E-state index in [-0.39, 0.29) is 5.91 Å². The lowest BCUT2D eigenvalue weighted by Gasteiger charge is -2.32. The van der Waals surface area contributed by atoms with E-state index in [4.69, 9.17) is 27.9 Å². The number of benzene rings is 2. The third-order valence-electron chi connectivity index (χ3n) is 4.28. The number of nitrogens with zero attached hydrogens (tertiary/aromatic N) is 2. The van der Waals surface area contributed by atoms with Gasteiger partial charge in [0.05, 0.1) is 5.02 Å². The van der Waals surface area contributed by atoms with Crippen LogP contribution in [0.15, 0.2) is 42.5 Å². The molecular formula is C19H20Cl2N2O2. The molecule has 6 heteroatoms. The molecule has 4 nitrogen and oxygen atoms in total. The number of halogens is 2. The topological polar surface area (TPSA) is 32.8 Å². The largest absolute Gasteiger partial charge is 0.487 e. The highest BCUT2D eigenvalue weighted by Gasteiger charge is 2.20. The van der Waals surface area contributed by atoms with Crippen molar-refractivity contribution in [2.75, 3.05) is 33.2 Å². The Kier molecular flexibility index (Phi) is 5.84. The molecule has 0 spiro atoms. The van der Waals surface area contributed by atoms with Gasteiger partial charge in [-0.25, -0.2) is 0 Å². The molecule has 0 aliphatic carbocycles. The van der Waals surface area contributed by atoms with Gasteiger partial charge >= 0.3 is 0 Å². The van der Waals surface area contributed by atoms with Crippen molar-refractivity contribution in [3.63, 3.8) is 0 Å². The Bertz CT molecular complexity index is 742. The number of likely N-dealkylation sites (N-methyl/N-ethyl adjacent to an activating group) is 1. The molecule has 25 heavy (non-hydrogen) atoms. The Morgan fingerprint density at radius 3 is 2.36 bits per heavy atom. The number of rotatable bonds is 4. The van der Waals surface area contributed by atoms with Crippen LogP contribution in [0.3, 0.4) is 0 Å². The first-order chi connectivity index (χ1) is 12.0. The number of piperazine rings is 1. The summed E-state index contributed by atoms with van der Waals surface area (Å²) in [5.41, 5.74) is 1.68. The van der Waals surface area contributed by atoms with Crippen LogP contribution in [0.5, 0.6) is 5.75 Å². The van der Waals surface area contributed by atoms with E-state index >= 15 is 0 Å². The van der Waals surface area contributed by atoms with Crippen molar-refractivity contribution in [2.45, 2.75) is 6.61 Å². The highest BCUT2D eigenvalue weighted by atomic mass is 35.5. The fraction of sp³-hybridized carbons (Fsp3) is 0.316. The van der Waals surface area contributed by atoms with Crippen LogP contribution in [0.1, 0.15) is 15.9 Å². The van der Waals surface area contributed by atoms with E-state index in [2.05, 4.69) is 11.9 Å². The normalized spacial score (nSPS) is 15.2. The minimum Gasteiger partial charge on any atom is -0.487 e. The highest BCUT2D eigenvalue weighted by Crippen LogP contribution is 2.28. The van der Waals surface area contributed by atoms with Crippen molar-refractivity contribution < 1.29 is 9.53 Å². The fourth-order valence-corrected chi connectivity index (χ4v) is 3.15. The molecule has 1 heterocycles. The van der Waals surface area contributed by atoms with E-state index in [1.54, 1.807) is 18.2 Å². The highest BCUT2D eigenvalue weighted by molar-refractivity contribution is 6.35. The van der Waals surface area contributed by atoms with Crippen molar-refractivity contribution >= 4 is 29.1 Å². The molecule has 2 aromatic carbocycles. The van der Waals surface area contributed by atoms with Gasteiger partial charge in [-0.2, -0.15) is 0 Å². The van der Waals surface area contributed by atoms with Crippen LogP contribution >= 0.6 is 23.2 Å². The lowest BCUT2D eigenvalue weighted by atomic mass is 10.1. The van der Waals surface area contributed by atoms with Gasteiger partial charge in [-0.3, -0.25) is 4.79 Å². The number of hydrogen-bond donors (Lipinski definition) is 0. The standard InChI is InChI=1S/C19H20Cl2N2O2/c1-22-8-10-23(11-9-22)19(24)15-4-2-14(3-5-15)13-25-18-7-6-16(20)12-17(18)21/h2-7,12H,8-11,13H2,1H3. The number of carbonyl (C=O) groups excluding carboxylic acids is 1. The third kappa shape index (κ3) is 4.66. The smallest absolute Gasteiger partial charge is 0.253 e. The molecule has 1 amide bonds. The second-order valence-electron chi connectivity index (χ2n) is 6.16. The molecule has 0 saturated carbocycles. The van der Waals surface area contributed by atoms with Gasteiger partial charge < -0.3 is 14.5 Å². The maximum atomic E-state index is 12.5. The van der Waals surface area contributed by atoms with E-state index in [1.165, 1.54) is 0 Å². The molecule has 3 rings (SSSR count). The lowest BCUT2D eigenvalue weighted by molar-refractivity contribution is 0.0664. The first kappa shape index (κ1) is 18.1. The van der Waals surface area contributed by atoms with Crippen molar-refractivity contribution in [3.05, 3.63) is 63.6 Å². The number of ether oxygens (including phenoxy) is 1. The summed E-state index contributed by atoms with van der Waals surface area (Å²) in [7, 11) is 2.07. The van der Waals surface area contributed by atoms with E-state index < -0.39 is 0 Å². The summed E-state index contributed by atoms with van der Waals surface area (Å²) in [4.78, 5) is 16.6. The zero-order valence-corrected chi connectivity index (χ0v) is 15.6. The lowest BCUT2D eigenvalue weighted by Crippen LogP contribution is -2.47. The van der Waals surface area contributed by atoms with E-state index in [0.717, 1.165) is 31.7 Å². The summed E-state index contributed by atoms with van der Waals surface area (Å²) < 4.78 is 5.71. The van der Waals surface area contributed by atoms with Gasteiger partial charge in [0.2, 0.25) is 0 Å². The van der Waals surface area contributed by atoms with Crippen LogP contribution in [0.2, 0.25) is 10.0 Å². The Labute approximate surface area is 157 Å². The average molecular weight is 379 g/mol. The zero-order chi connectivity index (χ0) is 17.8. The van der Waals surface area contributed by atoms with Gasteiger partial charge in [-0.1, -0.05) is 35.3 Å². The van der Waals surface area contributed by atoms with Crippen LogP contribution in [-0.2, 0) is 6.61 Å². The maximum absolute atomic E-state index is 12.5. The number of amides is 1. The molecule has 2 aromatic rings. The Morgan fingerprint density at radius 2 is 1.72 bits per heavy atom. The summed E-state index contributed by atoms with van der Waals surface area (Å²) in [6, 6.07) is 12.7. The first-order valence-corrected chi connectivity index (χ1v) is 8.93. The van der Waals surface area contributed by atoms with Gasteiger partial charge in [-0.15, -0.1) is 0 Å². The molecule has 1 fully saturated rings. The predicted octanol–water partition coefficient (Wildman–Crippen LogP) is 3.96. The minimum atomic E-state index is 0.0846. The van der Waals surface area contributed by atoms with Crippen molar-refractivity contribution in [3.8, 4) is 5.75 Å². The average Bonchev–Trinajstić information content (AvgIpc) is 2.61. The van der Waals surface area contributed by atoms with Crippen molar-refractivity contribution in [2.24, 2.45) is 0 Å². The van der Waals surface area contributed by atoms with Gasteiger partial charge in [0.25, 0.3) is 5.91 Å². The van der Waals surface area contributed by atoms with Crippen LogP contribution in [0.4, 0.5) is 0 Å². The van der Waals surface area contributed by atoms with Crippen LogP contribution in [-0.4, -0.2) is 48.9 Å². The summed E-state index contributed by atoms with van der Waals surface area (Å²) in [5.74, 6) is 0.671. The molecule has 132 valence electrons. The van der Waals surface area contributed by atoms with Crippen molar-refractivity contribution in [1.29, 1.82) is 0 Å². The Hall–Kier alpha value is -1.75. The van der Waals surface area contributed by atoms with Crippen LogP contribution in [0, 0.1) is 0 Å². The predicted molar refractivity (Wildman–Crippen MR) is 101 cm³/mol.